The molecule has 0 fully saturated rings. The molecule has 2 heterocycles. The summed E-state index contributed by atoms with van der Waals surface area (Å²) in [4.78, 5) is 20.1. The average Bonchev–Trinajstić information content (AvgIpc) is 2.69. The van der Waals surface area contributed by atoms with E-state index in [0.717, 1.165) is 18.3 Å². The minimum atomic E-state index is -4.44. The van der Waals surface area contributed by atoms with Crippen molar-refractivity contribution in [1.82, 2.24) is 15.3 Å². The van der Waals surface area contributed by atoms with Crippen molar-refractivity contribution in [3.63, 3.8) is 0 Å². The fourth-order valence-electron chi connectivity index (χ4n) is 2.42. The summed E-state index contributed by atoms with van der Waals surface area (Å²) in [6.07, 6.45) is -2.11. The molecule has 0 saturated heterocycles. The molecule has 0 aliphatic rings. The van der Waals surface area contributed by atoms with Crippen molar-refractivity contribution in [1.29, 1.82) is 0 Å². The van der Waals surface area contributed by atoms with Gasteiger partial charge in [0, 0.05) is 25.0 Å². The quantitative estimate of drug-likeness (QED) is 0.546. The lowest BCUT2D eigenvalue weighted by molar-refractivity contribution is -0.137. The maximum Gasteiger partial charge on any atom is 0.416 e. The van der Waals surface area contributed by atoms with Gasteiger partial charge in [0.05, 0.1) is 23.0 Å². The number of benzene rings is 1. The van der Waals surface area contributed by atoms with Crippen LogP contribution in [-0.4, -0.2) is 22.9 Å². The van der Waals surface area contributed by atoms with Crippen LogP contribution in [0.15, 0.2) is 54.9 Å². The topological polar surface area (TPSA) is 78.9 Å². The molecule has 0 bridgehead atoms. The van der Waals surface area contributed by atoms with Crippen molar-refractivity contribution in [2.45, 2.75) is 6.18 Å². The van der Waals surface area contributed by atoms with Crippen LogP contribution < -0.4 is 16.0 Å². The number of pyridine rings is 2. The van der Waals surface area contributed by atoms with Crippen LogP contribution in [0, 0.1) is 5.82 Å². The van der Waals surface area contributed by atoms with E-state index in [9.17, 15) is 22.4 Å². The summed E-state index contributed by atoms with van der Waals surface area (Å²) in [5.41, 5.74) is 0.0583. The first-order valence-corrected chi connectivity index (χ1v) is 8.31. The van der Waals surface area contributed by atoms with Gasteiger partial charge >= 0.3 is 6.18 Å². The van der Waals surface area contributed by atoms with E-state index in [0.29, 0.717) is 23.0 Å². The Hall–Kier alpha value is -3.69. The molecular formula is C19H15F4N5O. The number of hydrogen-bond acceptors (Lipinski definition) is 5. The second kappa shape index (κ2) is 8.13. The summed E-state index contributed by atoms with van der Waals surface area (Å²) in [5, 5.41) is 8.24. The number of carbonyl (C=O) groups excluding carboxylic acids is 1. The number of amides is 1. The van der Waals surface area contributed by atoms with Gasteiger partial charge in [0.2, 0.25) is 0 Å². The smallest absolute Gasteiger partial charge is 0.355 e. The third kappa shape index (κ3) is 4.98. The maximum absolute atomic E-state index is 13.0. The van der Waals surface area contributed by atoms with Crippen LogP contribution in [0.2, 0.25) is 0 Å². The molecule has 0 saturated carbocycles. The Morgan fingerprint density at radius 3 is 2.21 bits per heavy atom. The first-order chi connectivity index (χ1) is 13.8. The molecule has 1 amide bonds. The van der Waals surface area contributed by atoms with Crippen LogP contribution in [0.1, 0.15) is 15.9 Å². The highest BCUT2D eigenvalue weighted by Crippen LogP contribution is 2.31. The van der Waals surface area contributed by atoms with Gasteiger partial charge in [0.25, 0.3) is 5.91 Å². The van der Waals surface area contributed by atoms with Crippen LogP contribution in [0.5, 0.6) is 0 Å². The Balaban J connectivity index is 1.89. The highest BCUT2D eigenvalue weighted by atomic mass is 19.4. The number of halogens is 4. The number of aromatic nitrogens is 2. The van der Waals surface area contributed by atoms with E-state index < -0.39 is 23.5 Å². The first kappa shape index (κ1) is 20.1. The number of hydrogen-bond donors (Lipinski definition) is 3. The molecule has 150 valence electrons. The fraction of sp³-hybridized carbons (Fsp3) is 0.105. The van der Waals surface area contributed by atoms with Gasteiger partial charge in [-0.2, -0.15) is 13.2 Å². The molecular weight excluding hydrogens is 390 g/mol. The molecule has 0 aliphatic carbocycles. The summed E-state index contributed by atoms with van der Waals surface area (Å²) < 4.78 is 51.2. The van der Waals surface area contributed by atoms with Crippen molar-refractivity contribution in [3.8, 4) is 0 Å². The average molecular weight is 405 g/mol. The number of anilines is 4. The molecule has 0 aliphatic heterocycles. The van der Waals surface area contributed by atoms with Crippen LogP contribution >= 0.6 is 0 Å². The third-order valence-corrected chi connectivity index (χ3v) is 3.85. The lowest BCUT2D eigenvalue weighted by atomic mass is 10.1. The Labute approximate surface area is 163 Å². The van der Waals surface area contributed by atoms with Gasteiger partial charge < -0.3 is 16.0 Å². The highest BCUT2D eigenvalue weighted by Gasteiger charge is 2.30. The van der Waals surface area contributed by atoms with Crippen LogP contribution in [-0.2, 0) is 6.18 Å². The number of rotatable bonds is 5. The molecule has 0 atom stereocenters. The molecule has 29 heavy (non-hydrogen) atoms. The lowest BCUT2D eigenvalue weighted by Gasteiger charge is -2.14. The number of nitrogens with one attached hydrogen (secondary N) is 3. The number of nitrogens with zero attached hydrogens (tertiary/aromatic N) is 2. The second-order valence-corrected chi connectivity index (χ2v) is 5.88. The molecule has 0 spiro atoms. The van der Waals surface area contributed by atoms with E-state index in [-0.39, 0.29) is 5.56 Å². The Bertz CT molecular complexity index is 1000. The minimum absolute atomic E-state index is 0.185. The zero-order valence-corrected chi connectivity index (χ0v) is 15.0. The third-order valence-electron chi connectivity index (χ3n) is 3.85. The molecule has 2 aromatic heterocycles. The van der Waals surface area contributed by atoms with Gasteiger partial charge in [-0.3, -0.25) is 4.79 Å². The Kier molecular flexibility index (Phi) is 5.62. The summed E-state index contributed by atoms with van der Waals surface area (Å²) in [6, 6.07) is 8.50. The summed E-state index contributed by atoms with van der Waals surface area (Å²) in [6.45, 7) is 0. The molecule has 3 N–H and O–H groups in total. The second-order valence-electron chi connectivity index (χ2n) is 5.88. The van der Waals surface area contributed by atoms with Gasteiger partial charge in [0.15, 0.2) is 0 Å². The summed E-state index contributed by atoms with van der Waals surface area (Å²) in [5.74, 6) is -0.306. The Morgan fingerprint density at radius 2 is 1.62 bits per heavy atom. The summed E-state index contributed by atoms with van der Waals surface area (Å²) >= 11 is 0. The largest absolute Gasteiger partial charge is 0.416 e. The fourth-order valence-corrected chi connectivity index (χ4v) is 2.42. The SMILES string of the molecule is CNC(=O)c1cnc(Nc2ccc(F)cn2)cc1Nc1ccc(C(F)(F)F)cc1. The van der Waals surface area contributed by atoms with Crippen molar-refractivity contribution in [2.75, 3.05) is 17.7 Å². The van der Waals surface area contributed by atoms with E-state index in [2.05, 4.69) is 25.9 Å². The van der Waals surface area contributed by atoms with Crippen molar-refractivity contribution >= 4 is 28.9 Å². The molecule has 6 nitrogen and oxygen atoms in total. The highest BCUT2D eigenvalue weighted by molar-refractivity contribution is 6.00. The zero-order chi connectivity index (χ0) is 21.0. The standard InChI is InChI=1S/C19H15F4N5O/c1-24-18(29)14-10-26-17(28-16-7-4-12(20)9-25-16)8-15(14)27-13-5-2-11(3-6-13)19(21,22)23/h2-10H,1H3,(H,24,29)(H2,25,26,27,28). The minimum Gasteiger partial charge on any atom is -0.355 e. The van der Waals surface area contributed by atoms with Crippen molar-refractivity contribution < 1.29 is 22.4 Å². The van der Waals surface area contributed by atoms with Crippen LogP contribution in [0.4, 0.5) is 40.6 Å². The maximum atomic E-state index is 13.0. The predicted molar refractivity (Wildman–Crippen MR) is 99.8 cm³/mol. The van der Waals surface area contributed by atoms with E-state index in [1.807, 2.05) is 0 Å². The lowest BCUT2D eigenvalue weighted by Crippen LogP contribution is -2.19. The number of alkyl halides is 3. The Morgan fingerprint density at radius 1 is 0.931 bits per heavy atom. The normalized spacial score (nSPS) is 11.1. The number of carbonyl (C=O) groups is 1. The zero-order valence-electron chi connectivity index (χ0n) is 15.0. The molecule has 3 rings (SSSR count). The van der Waals surface area contributed by atoms with Crippen LogP contribution in [0.3, 0.4) is 0 Å². The van der Waals surface area contributed by atoms with E-state index in [4.69, 9.17) is 0 Å². The van der Waals surface area contributed by atoms with E-state index in [1.54, 1.807) is 0 Å². The van der Waals surface area contributed by atoms with Crippen molar-refractivity contribution in [2.24, 2.45) is 0 Å². The van der Waals surface area contributed by atoms with E-state index in [1.165, 1.54) is 43.6 Å². The van der Waals surface area contributed by atoms with Gasteiger partial charge in [0.1, 0.15) is 17.5 Å². The molecule has 10 heteroatoms. The summed E-state index contributed by atoms with van der Waals surface area (Å²) in [7, 11) is 1.44. The molecule has 0 radical (unpaired) electrons. The first-order valence-electron chi connectivity index (χ1n) is 8.31. The predicted octanol–water partition coefficient (Wildman–Crippen LogP) is 4.48. The van der Waals surface area contributed by atoms with E-state index >= 15 is 0 Å². The molecule has 3 aromatic rings. The van der Waals surface area contributed by atoms with Gasteiger partial charge in [-0.1, -0.05) is 0 Å². The molecule has 0 unspecified atom stereocenters. The van der Waals surface area contributed by atoms with Crippen LogP contribution in [0.25, 0.3) is 0 Å². The van der Waals surface area contributed by atoms with Gasteiger partial charge in [-0.25, -0.2) is 14.4 Å². The van der Waals surface area contributed by atoms with Gasteiger partial charge in [-0.15, -0.1) is 0 Å². The van der Waals surface area contributed by atoms with Gasteiger partial charge in [-0.05, 0) is 36.4 Å². The molecule has 1 aromatic carbocycles. The monoisotopic (exact) mass is 405 g/mol. The van der Waals surface area contributed by atoms with Crippen molar-refractivity contribution in [3.05, 3.63) is 71.8 Å².